The second kappa shape index (κ2) is 17.7. The molecule has 0 saturated carbocycles. The average Bonchev–Trinajstić information content (AvgIpc) is 2.50. The maximum Gasteiger partial charge on any atom is 0.327 e. The summed E-state index contributed by atoms with van der Waals surface area (Å²) in [6.45, 7) is 2.26. The van der Waals surface area contributed by atoms with Crippen LogP contribution in [0.25, 0.3) is 0 Å². The van der Waals surface area contributed by atoms with E-state index in [4.69, 9.17) is 5.11 Å². The smallest absolute Gasteiger partial charge is 0.327 e. The van der Waals surface area contributed by atoms with Gasteiger partial charge in [0, 0.05) is 6.08 Å². The molecule has 0 spiro atoms. The van der Waals surface area contributed by atoms with Crippen molar-refractivity contribution in [2.75, 3.05) is 0 Å². The molecule has 0 rings (SSSR count). The fourth-order valence-corrected chi connectivity index (χ4v) is 2.26. The molecular weight excluding hydrogens is 272 g/mol. The average molecular weight is 306 g/mol. The maximum atomic E-state index is 10.3. The largest absolute Gasteiger partial charge is 0.478 e. The van der Waals surface area contributed by atoms with Crippen LogP contribution in [0, 0.1) is 0 Å². The van der Waals surface area contributed by atoms with E-state index in [1.165, 1.54) is 51.0 Å². The molecule has 0 atom stereocenters. The van der Waals surface area contributed by atoms with Crippen molar-refractivity contribution in [3.63, 3.8) is 0 Å². The van der Waals surface area contributed by atoms with Crippen molar-refractivity contribution < 1.29 is 9.90 Å². The molecule has 0 aromatic rings. The minimum Gasteiger partial charge on any atom is -0.478 e. The summed E-state index contributed by atoms with van der Waals surface area (Å²) in [6.07, 6.45) is 26.6. The van der Waals surface area contributed by atoms with Gasteiger partial charge in [-0.15, -0.1) is 0 Å². The quantitative estimate of drug-likeness (QED) is 0.215. The Kier molecular flexibility index (Phi) is 16.7. The number of hydrogen-bond acceptors (Lipinski definition) is 1. The van der Waals surface area contributed by atoms with Crippen molar-refractivity contribution in [2.24, 2.45) is 0 Å². The van der Waals surface area contributed by atoms with E-state index in [1.54, 1.807) is 6.08 Å². The molecule has 0 fully saturated rings. The molecule has 0 amide bonds. The molecule has 2 heteroatoms. The van der Waals surface area contributed by atoms with Crippen LogP contribution in [0.3, 0.4) is 0 Å². The Labute approximate surface area is 137 Å². The summed E-state index contributed by atoms with van der Waals surface area (Å²) in [5.74, 6) is -0.854. The molecule has 1 N–H and O–H groups in total. The Balaban J connectivity index is 3.25. The van der Waals surface area contributed by atoms with Gasteiger partial charge < -0.3 is 5.11 Å². The van der Waals surface area contributed by atoms with Crippen molar-refractivity contribution in [1.29, 1.82) is 0 Å². The highest BCUT2D eigenvalue weighted by molar-refractivity contribution is 5.79. The van der Waals surface area contributed by atoms with E-state index in [0.29, 0.717) is 0 Å². The summed E-state index contributed by atoms with van der Waals surface area (Å²) in [6, 6.07) is 0. The number of hydrogen-bond donors (Lipinski definition) is 1. The van der Waals surface area contributed by atoms with Crippen LogP contribution in [0.4, 0.5) is 0 Å². The van der Waals surface area contributed by atoms with Gasteiger partial charge in [-0.2, -0.15) is 0 Å². The van der Waals surface area contributed by atoms with Crippen LogP contribution in [-0.2, 0) is 4.79 Å². The fraction of sp³-hybridized carbons (Fsp3) is 0.650. The van der Waals surface area contributed by atoms with Gasteiger partial charge in [-0.05, 0) is 44.9 Å². The molecule has 0 unspecified atom stereocenters. The molecule has 0 saturated heterocycles. The molecule has 0 aliphatic carbocycles. The first-order valence-corrected chi connectivity index (χ1v) is 8.96. The summed E-state index contributed by atoms with van der Waals surface area (Å²) in [4.78, 5) is 10.3. The highest BCUT2D eigenvalue weighted by Crippen LogP contribution is 2.07. The van der Waals surface area contributed by atoms with Gasteiger partial charge in [0.1, 0.15) is 0 Å². The van der Waals surface area contributed by atoms with Crippen LogP contribution in [0.1, 0.15) is 84.0 Å². The van der Waals surface area contributed by atoms with E-state index >= 15 is 0 Å². The van der Waals surface area contributed by atoms with Crippen molar-refractivity contribution in [3.8, 4) is 0 Å². The van der Waals surface area contributed by atoms with E-state index in [2.05, 4.69) is 31.2 Å². The Morgan fingerprint density at radius 1 is 0.727 bits per heavy atom. The molecule has 0 aromatic heterocycles. The monoisotopic (exact) mass is 306 g/mol. The lowest BCUT2D eigenvalue weighted by atomic mass is 10.1. The molecule has 126 valence electrons. The van der Waals surface area contributed by atoms with E-state index in [-0.39, 0.29) is 0 Å². The number of aliphatic carboxylic acids is 1. The maximum absolute atomic E-state index is 10.3. The lowest BCUT2D eigenvalue weighted by Crippen LogP contribution is -1.85. The van der Waals surface area contributed by atoms with Gasteiger partial charge in [0.25, 0.3) is 0 Å². The van der Waals surface area contributed by atoms with Gasteiger partial charge in [-0.3, -0.25) is 0 Å². The number of rotatable bonds is 15. The summed E-state index contributed by atoms with van der Waals surface area (Å²) in [5, 5.41) is 8.43. The van der Waals surface area contributed by atoms with Gasteiger partial charge in [-0.25, -0.2) is 4.79 Å². The molecular formula is C20H34O2. The third-order valence-electron chi connectivity index (χ3n) is 3.58. The summed E-state index contributed by atoms with van der Waals surface area (Å²) in [5.41, 5.74) is 0. The number of carboxylic acid groups (broad SMARTS) is 1. The van der Waals surface area contributed by atoms with Crippen molar-refractivity contribution >= 4 is 5.97 Å². The third kappa shape index (κ3) is 18.7. The topological polar surface area (TPSA) is 37.3 Å². The zero-order valence-corrected chi connectivity index (χ0v) is 14.3. The van der Waals surface area contributed by atoms with Crippen molar-refractivity contribution in [2.45, 2.75) is 84.0 Å². The second-order valence-electron chi connectivity index (χ2n) is 5.76. The molecule has 0 aliphatic rings. The van der Waals surface area contributed by atoms with Crippen LogP contribution in [0.15, 0.2) is 36.5 Å². The first-order valence-electron chi connectivity index (χ1n) is 8.96. The number of carbonyl (C=O) groups is 1. The van der Waals surface area contributed by atoms with E-state index in [0.717, 1.165) is 32.1 Å². The SMILES string of the molecule is CCCCCCCCC=CCC=CCCCCC=CC(=O)O. The van der Waals surface area contributed by atoms with Crippen LogP contribution in [0.2, 0.25) is 0 Å². The summed E-state index contributed by atoms with van der Waals surface area (Å²) < 4.78 is 0. The predicted octanol–water partition coefficient (Wildman–Crippen LogP) is 6.44. The molecule has 22 heavy (non-hydrogen) atoms. The highest BCUT2D eigenvalue weighted by Gasteiger charge is 1.88. The number of allylic oxidation sites excluding steroid dienone is 5. The predicted molar refractivity (Wildman–Crippen MR) is 96.1 cm³/mol. The lowest BCUT2D eigenvalue weighted by molar-refractivity contribution is -0.131. The van der Waals surface area contributed by atoms with Crippen LogP contribution >= 0.6 is 0 Å². The minimum atomic E-state index is -0.854. The Morgan fingerprint density at radius 2 is 1.23 bits per heavy atom. The standard InChI is InChI=1S/C20H34O2/c1-2-3-4-5-6-7-8-9-10-11-12-13-14-15-16-17-18-19-20(21)22/h9-10,12-13,18-19H,2-8,11,14-17H2,1H3,(H,21,22). The first kappa shape index (κ1) is 20.7. The molecule has 0 bridgehead atoms. The van der Waals surface area contributed by atoms with E-state index in [9.17, 15) is 4.79 Å². The van der Waals surface area contributed by atoms with Crippen LogP contribution in [0.5, 0.6) is 0 Å². The zero-order chi connectivity index (χ0) is 16.3. The Morgan fingerprint density at radius 3 is 1.82 bits per heavy atom. The van der Waals surface area contributed by atoms with Gasteiger partial charge in [0.15, 0.2) is 0 Å². The zero-order valence-electron chi connectivity index (χ0n) is 14.3. The normalized spacial score (nSPS) is 12.0. The number of carboxylic acids is 1. The van der Waals surface area contributed by atoms with Crippen LogP contribution in [-0.4, -0.2) is 11.1 Å². The molecule has 0 heterocycles. The summed E-state index contributed by atoms with van der Waals surface area (Å²) >= 11 is 0. The highest BCUT2D eigenvalue weighted by atomic mass is 16.4. The Bertz CT molecular complexity index is 327. The first-order chi connectivity index (χ1) is 10.8. The summed E-state index contributed by atoms with van der Waals surface area (Å²) in [7, 11) is 0. The minimum absolute atomic E-state index is 0.854. The molecule has 0 aliphatic heterocycles. The fourth-order valence-electron chi connectivity index (χ4n) is 2.26. The van der Waals surface area contributed by atoms with Crippen LogP contribution < -0.4 is 0 Å². The van der Waals surface area contributed by atoms with Gasteiger partial charge in [0.2, 0.25) is 0 Å². The van der Waals surface area contributed by atoms with Gasteiger partial charge in [0.05, 0.1) is 0 Å². The Hall–Kier alpha value is -1.31. The molecule has 0 aromatic carbocycles. The third-order valence-corrected chi connectivity index (χ3v) is 3.58. The van der Waals surface area contributed by atoms with Crippen molar-refractivity contribution in [1.82, 2.24) is 0 Å². The van der Waals surface area contributed by atoms with E-state index in [1.807, 2.05) is 0 Å². The van der Waals surface area contributed by atoms with E-state index < -0.39 is 5.97 Å². The van der Waals surface area contributed by atoms with Gasteiger partial charge in [-0.1, -0.05) is 69.4 Å². The molecule has 0 radical (unpaired) electrons. The second-order valence-corrected chi connectivity index (χ2v) is 5.76. The van der Waals surface area contributed by atoms with Gasteiger partial charge >= 0.3 is 5.97 Å². The van der Waals surface area contributed by atoms with Crippen molar-refractivity contribution in [3.05, 3.63) is 36.5 Å². The molecule has 2 nitrogen and oxygen atoms in total. The number of unbranched alkanes of at least 4 members (excludes halogenated alkanes) is 9. The lowest BCUT2D eigenvalue weighted by Gasteiger charge is -1.97.